The monoisotopic (exact) mass is 252 g/mol. The Hall–Kier alpha value is -0.870. The van der Waals surface area contributed by atoms with Crippen LogP contribution in [-0.4, -0.2) is 31.7 Å². The lowest BCUT2D eigenvalue weighted by Crippen LogP contribution is -2.33. The van der Waals surface area contributed by atoms with Crippen molar-refractivity contribution in [2.45, 2.75) is 13.0 Å². The van der Waals surface area contributed by atoms with E-state index in [2.05, 4.69) is 11.0 Å². The third kappa shape index (κ3) is 2.69. The molecule has 94 valence electrons. The van der Waals surface area contributed by atoms with Crippen molar-refractivity contribution in [3.05, 3.63) is 23.8 Å². The zero-order chi connectivity index (χ0) is 12.3. The molecule has 1 heterocycles. The number of methoxy groups -OCH3 is 1. The Bertz CT molecular complexity index is 376. The lowest BCUT2D eigenvalue weighted by Gasteiger charge is -2.31. The molecular formula is C13H20N2OS. The van der Waals surface area contributed by atoms with Gasteiger partial charge in [0, 0.05) is 41.9 Å². The standard InChI is InChI=1S/C13H20N2OS/c1-10(14)13-11(4-3-5-12(13)16-2)15-6-8-17-9-7-15/h3-5,10H,6-9,14H2,1-2H3. The van der Waals surface area contributed by atoms with Gasteiger partial charge in [0.2, 0.25) is 0 Å². The minimum absolute atomic E-state index is 0.00395. The second-order valence-corrected chi connectivity index (χ2v) is 5.51. The third-order valence-corrected chi connectivity index (χ3v) is 4.01. The molecule has 2 N–H and O–H groups in total. The van der Waals surface area contributed by atoms with Crippen molar-refractivity contribution in [2.75, 3.05) is 36.6 Å². The van der Waals surface area contributed by atoms with Gasteiger partial charge in [0.15, 0.2) is 0 Å². The van der Waals surface area contributed by atoms with Gasteiger partial charge in [-0.15, -0.1) is 0 Å². The first kappa shape index (κ1) is 12.6. The minimum Gasteiger partial charge on any atom is -0.496 e. The number of nitrogens with zero attached hydrogens (tertiary/aromatic N) is 1. The molecule has 1 aromatic carbocycles. The Labute approximate surface area is 107 Å². The average molecular weight is 252 g/mol. The quantitative estimate of drug-likeness (QED) is 0.895. The summed E-state index contributed by atoms with van der Waals surface area (Å²) in [5.74, 6) is 3.28. The van der Waals surface area contributed by atoms with E-state index in [1.165, 1.54) is 17.2 Å². The molecule has 4 heteroatoms. The predicted molar refractivity (Wildman–Crippen MR) is 75.1 cm³/mol. The van der Waals surface area contributed by atoms with Crippen LogP contribution in [0.25, 0.3) is 0 Å². The smallest absolute Gasteiger partial charge is 0.125 e. The molecule has 2 rings (SSSR count). The fraction of sp³-hybridized carbons (Fsp3) is 0.538. The van der Waals surface area contributed by atoms with Crippen LogP contribution in [0.15, 0.2) is 18.2 Å². The normalized spacial score (nSPS) is 17.9. The zero-order valence-corrected chi connectivity index (χ0v) is 11.3. The lowest BCUT2D eigenvalue weighted by molar-refractivity contribution is 0.407. The molecule has 0 aliphatic carbocycles. The first-order valence-electron chi connectivity index (χ1n) is 5.99. The van der Waals surface area contributed by atoms with E-state index in [9.17, 15) is 0 Å². The van der Waals surface area contributed by atoms with E-state index in [1.54, 1.807) is 7.11 Å². The molecule has 1 fully saturated rings. The second-order valence-electron chi connectivity index (χ2n) is 4.28. The first-order valence-corrected chi connectivity index (χ1v) is 7.14. The molecule has 0 amide bonds. The number of benzene rings is 1. The summed E-state index contributed by atoms with van der Waals surface area (Å²) >= 11 is 2.01. The summed E-state index contributed by atoms with van der Waals surface area (Å²) in [7, 11) is 1.71. The van der Waals surface area contributed by atoms with Crippen LogP contribution in [0.3, 0.4) is 0 Å². The Morgan fingerprint density at radius 1 is 1.35 bits per heavy atom. The Morgan fingerprint density at radius 3 is 2.65 bits per heavy atom. The van der Waals surface area contributed by atoms with Gasteiger partial charge in [0.05, 0.1) is 7.11 Å². The van der Waals surface area contributed by atoms with Crippen LogP contribution in [-0.2, 0) is 0 Å². The summed E-state index contributed by atoms with van der Waals surface area (Å²) in [5.41, 5.74) is 8.45. The van der Waals surface area contributed by atoms with Gasteiger partial charge in [-0.25, -0.2) is 0 Å². The van der Waals surface area contributed by atoms with E-state index in [0.717, 1.165) is 24.4 Å². The van der Waals surface area contributed by atoms with Gasteiger partial charge in [-0.3, -0.25) is 0 Å². The second kappa shape index (κ2) is 5.65. The Balaban J connectivity index is 2.37. The predicted octanol–water partition coefficient (Wildman–Crippen LogP) is 2.27. The van der Waals surface area contributed by atoms with E-state index in [1.807, 2.05) is 30.8 Å². The largest absolute Gasteiger partial charge is 0.496 e. The molecule has 0 radical (unpaired) electrons. The number of thioether (sulfide) groups is 1. The lowest BCUT2D eigenvalue weighted by atomic mass is 10.0. The molecule has 1 aliphatic rings. The molecule has 1 unspecified atom stereocenters. The number of rotatable bonds is 3. The summed E-state index contributed by atoms with van der Waals surface area (Å²) in [6.45, 7) is 4.20. The van der Waals surface area contributed by atoms with E-state index >= 15 is 0 Å². The van der Waals surface area contributed by atoms with Gasteiger partial charge in [-0.2, -0.15) is 11.8 Å². The summed E-state index contributed by atoms with van der Waals surface area (Å²) in [6, 6.07) is 6.18. The number of ether oxygens (including phenoxy) is 1. The molecule has 0 bridgehead atoms. The highest BCUT2D eigenvalue weighted by molar-refractivity contribution is 7.99. The number of nitrogens with two attached hydrogens (primary N) is 1. The molecule has 3 nitrogen and oxygen atoms in total. The zero-order valence-electron chi connectivity index (χ0n) is 10.5. The number of anilines is 1. The van der Waals surface area contributed by atoms with E-state index in [0.29, 0.717) is 0 Å². The van der Waals surface area contributed by atoms with E-state index in [4.69, 9.17) is 10.5 Å². The molecule has 1 aromatic rings. The highest BCUT2D eigenvalue weighted by Crippen LogP contribution is 2.34. The van der Waals surface area contributed by atoms with E-state index < -0.39 is 0 Å². The highest BCUT2D eigenvalue weighted by atomic mass is 32.2. The summed E-state index contributed by atoms with van der Waals surface area (Å²) in [4.78, 5) is 2.41. The molecule has 0 aromatic heterocycles. The van der Waals surface area contributed by atoms with Crippen LogP contribution in [0.5, 0.6) is 5.75 Å². The first-order chi connectivity index (χ1) is 8.24. The van der Waals surface area contributed by atoms with Crippen molar-refractivity contribution < 1.29 is 4.74 Å². The van der Waals surface area contributed by atoms with Crippen molar-refractivity contribution >= 4 is 17.4 Å². The molecule has 0 saturated carbocycles. The van der Waals surface area contributed by atoms with Gasteiger partial charge >= 0.3 is 0 Å². The highest BCUT2D eigenvalue weighted by Gasteiger charge is 2.19. The number of hydrogen-bond donors (Lipinski definition) is 1. The van der Waals surface area contributed by atoms with Crippen molar-refractivity contribution in [2.24, 2.45) is 5.73 Å². The van der Waals surface area contributed by atoms with Crippen LogP contribution in [0.1, 0.15) is 18.5 Å². The third-order valence-electron chi connectivity index (χ3n) is 3.07. The van der Waals surface area contributed by atoms with Crippen LogP contribution < -0.4 is 15.4 Å². The maximum Gasteiger partial charge on any atom is 0.125 e. The van der Waals surface area contributed by atoms with Crippen LogP contribution >= 0.6 is 11.8 Å². The summed E-state index contributed by atoms with van der Waals surface area (Å²) in [5, 5.41) is 0. The Kier molecular flexibility index (Phi) is 4.18. The van der Waals surface area contributed by atoms with Gasteiger partial charge < -0.3 is 15.4 Å². The van der Waals surface area contributed by atoms with Crippen molar-refractivity contribution in [1.29, 1.82) is 0 Å². The van der Waals surface area contributed by atoms with Crippen LogP contribution in [0, 0.1) is 0 Å². The fourth-order valence-corrected chi connectivity index (χ4v) is 3.15. The maximum absolute atomic E-state index is 6.09. The van der Waals surface area contributed by atoms with Gasteiger partial charge in [0.1, 0.15) is 5.75 Å². The molecule has 1 aliphatic heterocycles. The van der Waals surface area contributed by atoms with Gasteiger partial charge in [0.25, 0.3) is 0 Å². The number of hydrogen-bond acceptors (Lipinski definition) is 4. The SMILES string of the molecule is COc1cccc(N2CCSCC2)c1C(C)N. The maximum atomic E-state index is 6.09. The average Bonchev–Trinajstić information content (AvgIpc) is 2.38. The molecular weight excluding hydrogens is 232 g/mol. The molecule has 0 spiro atoms. The van der Waals surface area contributed by atoms with Crippen molar-refractivity contribution in [3.8, 4) is 5.75 Å². The van der Waals surface area contributed by atoms with Gasteiger partial charge in [-0.05, 0) is 19.1 Å². The van der Waals surface area contributed by atoms with Crippen LogP contribution in [0.2, 0.25) is 0 Å². The van der Waals surface area contributed by atoms with Crippen molar-refractivity contribution in [3.63, 3.8) is 0 Å². The van der Waals surface area contributed by atoms with Crippen LogP contribution in [0.4, 0.5) is 5.69 Å². The Morgan fingerprint density at radius 2 is 2.06 bits per heavy atom. The minimum atomic E-state index is -0.00395. The van der Waals surface area contributed by atoms with Crippen molar-refractivity contribution in [1.82, 2.24) is 0 Å². The molecule has 17 heavy (non-hydrogen) atoms. The molecule has 1 saturated heterocycles. The summed E-state index contributed by atoms with van der Waals surface area (Å²) < 4.78 is 5.43. The van der Waals surface area contributed by atoms with E-state index in [-0.39, 0.29) is 6.04 Å². The molecule has 1 atom stereocenters. The topological polar surface area (TPSA) is 38.5 Å². The fourth-order valence-electron chi connectivity index (χ4n) is 2.25. The summed E-state index contributed by atoms with van der Waals surface area (Å²) in [6.07, 6.45) is 0. The van der Waals surface area contributed by atoms with Gasteiger partial charge in [-0.1, -0.05) is 6.07 Å².